The van der Waals surface area contributed by atoms with Gasteiger partial charge in [-0.15, -0.1) is 0 Å². The van der Waals surface area contributed by atoms with E-state index in [1.54, 1.807) is 31.2 Å². The average molecular weight is 286 g/mol. The topological polar surface area (TPSA) is 88.5 Å². The van der Waals surface area contributed by atoms with E-state index in [1.165, 1.54) is 18.3 Å². The molecule has 0 fully saturated rings. The summed E-state index contributed by atoms with van der Waals surface area (Å²) in [6, 6.07) is 9.59. The summed E-state index contributed by atoms with van der Waals surface area (Å²) in [5.74, 6) is -0.917. The number of nitrogens with zero attached hydrogens (tertiary/aromatic N) is 1. The fourth-order valence-electron chi connectivity index (χ4n) is 1.68. The molecule has 0 amide bonds. The summed E-state index contributed by atoms with van der Waals surface area (Å²) in [5, 5.41) is 11.9. The van der Waals surface area contributed by atoms with Crippen molar-refractivity contribution in [2.45, 2.75) is 6.92 Å². The van der Waals surface area contributed by atoms with Crippen LogP contribution in [0.3, 0.4) is 0 Å². The Balaban J connectivity index is 2.11. The molecule has 0 aliphatic heterocycles. The lowest BCUT2D eigenvalue weighted by molar-refractivity contribution is 0.0525. The number of carboxylic acids is 1. The Hall–Kier alpha value is -2.89. The molecular weight excluding hydrogens is 272 g/mol. The highest BCUT2D eigenvalue weighted by Gasteiger charge is 2.07. The largest absolute Gasteiger partial charge is 0.478 e. The first-order valence-electron chi connectivity index (χ1n) is 6.33. The number of aromatic carboxylic acids is 1. The number of aromatic nitrogens is 1. The molecule has 6 nitrogen and oxygen atoms in total. The van der Waals surface area contributed by atoms with E-state index in [0.29, 0.717) is 23.7 Å². The van der Waals surface area contributed by atoms with Crippen LogP contribution in [0.25, 0.3) is 0 Å². The summed E-state index contributed by atoms with van der Waals surface area (Å²) in [6.07, 6.45) is 1.40. The SMILES string of the molecule is CCOC(=O)c1ccc(Nc2cccc(C(=O)O)c2)nc1. The lowest BCUT2D eigenvalue weighted by Gasteiger charge is -2.07. The lowest BCUT2D eigenvalue weighted by atomic mass is 10.2. The summed E-state index contributed by atoms with van der Waals surface area (Å²) >= 11 is 0. The van der Waals surface area contributed by atoms with E-state index in [1.807, 2.05) is 0 Å². The third-order valence-electron chi connectivity index (χ3n) is 2.66. The lowest BCUT2D eigenvalue weighted by Crippen LogP contribution is -2.05. The van der Waals surface area contributed by atoms with Crippen LogP contribution < -0.4 is 5.32 Å². The number of carbonyl (C=O) groups excluding carboxylic acids is 1. The quantitative estimate of drug-likeness (QED) is 0.821. The Morgan fingerprint density at radius 1 is 1.24 bits per heavy atom. The summed E-state index contributed by atoms with van der Waals surface area (Å²) in [6.45, 7) is 2.04. The molecule has 0 saturated carbocycles. The Morgan fingerprint density at radius 3 is 2.67 bits per heavy atom. The molecule has 0 unspecified atom stereocenters. The summed E-state index contributed by atoms with van der Waals surface area (Å²) in [4.78, 5) is 26.5. The minimum Gasteiger partial charge on any atom is -0.478 e. The monoisotopic (exact) mass is 286 g/mol. The molecule has 0 atom stereocenters. The number of esters is 1. The zero-order valence-corrected chi connectivity index (χ0v) is 11.4. The van der Waals surface area contributed by atoms with E-state index in [-0.39, 0.29) is 5.56 Å². The maximum atomic E-state index is 11.5. The van der Waals surface area contributed by atoms with Crippen LogP contribution in [0.4, 0.5) is 11.5 Å². The molecule has 0 bridgehead atoms. The minimum atomic E-state index is -0.996. The Labute approximate surface area is 121 Å². The maximum Gasteiger partial charge on any atom is 0.339 e. The van der Waals surface area contributed by atoms with Gasteiger partial charge in [0.15, 0.2) is 0 Å². The van der Waals surface area contributed by atoms with E-state index in [9.17, 15) is 9.59 Å². The Morgan fingerprint density at radius 2 is 2.05 bits per heavy atom. The van der Waals surface area contributed by atoms with Gasteiger partial charge in [0.05, 0.1) is 17.7 Å². The minimum absolute atomic E-state index is 0.183. The zero-order chi connectivity index (χ0) is 15.2. The Kier molecular flexibility index (Phi) is 4.50. The number of rotatable bonds is 5. The van der Waals surface area contributed by atoms with Crippen molar-refractivity contribution in [2.75, 3.05) is 11.9 Å². The number of carboxylic acid groups (broad SMARTS) is 1. The van der Waals surface area contributed by atoms with E-state index in [2.05, 4.69) is 10.3 Å². The van der Waals surface area contributed by atoms with Gasteiger partial charge in [0, 0.05) is 11.9 Å². The normalized spacial score (nSPS) is 9.95. The summed E-state index contributed by atoms with van der Waals surface area (Å²) in [5.41, 5.74) is 1.15. The number of hydrogen-bond acceptors (Lipinski definition) is 5. The maximum absolute atomic E-state index is 11.5. The highest BCUT2D eigenvalue weighted by molar-refractivity contribution is 5.90. The second kappa shape index (κ2) is 6.51. The number of benzene rings is 1. The van der Waals surface area contributed by atoms with Gasteiger partial charge in [-0.25, -0.2) is 14.6 Å². The van der Waals surface area contributed by atoms with Crippen molar-refractivity contribution in [1.82, 2.24) is 4.98 Å². The molecule has 0 saturated heterocycles. The average Bonchev–Trinajstić information content (AvgIpc) is 2.48. The predicted molar refractivity (Wildman–Crippen MR) is 76.9 cm³/mol. The fourth-order valence-corrected chi connectivity index (χ4v) is 1.68. The van der Waals surface area contributed by atoms with Gasteiger partial charge in [-0.1, -0.05) is 6.07 Å². The number of hydrogen-bond donors (Lipinski definition) is 2. The molecule has 0 spiro atoms. The molecule has 0 aliphatic rings. The van der Waals surface area contributed by atoms with Gasteiger partial charge in [-0.05, 0) is 37.3 Å². The number of ether oxygens (including phenoxy) is 1. The highest BCUT2D eigenvalue weighted by atomic mass is 16.5. The van der Waals surface area contributed by atoms with E-state index >= 15 is 0 Å². The van der Waals surface area contributed by atoms with Crippen molar-refractivity contribution in [2.24, 2.45) is 0 Å². The predicted octanol–water partition coefficient (Wildman–Crippen LogP) is 2.70. The van der Waals surface area contributed by atoms with Crippen molar-refractivity contribution in [3.8, 4) is 0 Å². The van der Waals surface area contributed by atoms with Gasteiger partial charge in [-0.3, -0.25) is 0 Å². The molecule has 2 N–H and O–H groups in total. The van der Waals surface area contributed by atoms with Gasteiger partial charge in [0.25, 0.3) is 0 Å². The first-order valence-corrected chi connectivity index (χ1v) is 6.33. The molecule has 6 heteroatoms. The summed E-state index contributed by atoms with van der Waals surface area (Å²) < 4.78 is 4.86. The van der Waals surface area contributed by atoms with Crippen LogP contribution in [-0.2, 0) is 4.74 Å². The standard InChI is InChI=1S/C15H14N2O4/c1-2-21-15(20)11-6-7-13(16-9-11)17-12-5-3-4-10(8-12)14(18)19/h3-9H,2H2,1H3,(H,16,17)(H,18,19). The molecule has 2 rings (SSSR count). The third-order valence-corrected chi connectivity index (χ3v) is 2.66. The second-order valence-corrected chi connectivity index (χ2v) is 4.16. The molecule has 1 heterocycles. The molecule has 1 aromatic heterocycles. The van der Waals surface area contributed by atoms with Crippen molar-refractivity contribution < 1.29 is 19.4 Å². The van der Waals surface area contributed by atoms with Gasteiger partial charge in [0.1, 0.15) is 5.82 Å². The molecule has 108 valence electrons. The number of nitrogens with one attached hydrogen (secondary N) is 1. The van der Waals surface area contributed by atoms with E-state index < -0.39 is 11.9 Å². The summed E-state index contributed by atoms with van der Waals surface area (Å²) in [7, 11) is 0. The fraction of sp³-hybridized carbons (Fsp3) is 0.133. The van der Waals surface area contributed by atoms with Crippen LogP contribution in [0.2, 0.25) is 0 Å². The van der Waals surface area contributed by atoms with Crippen LogP contribution in [0.15, 0.2) is 42.6 Å². The first kappa shape index (κ1) is 14.5. The molecular formula is C15H14N2O4. The van der Waals surface area contributed by atoms with Crippen LogP contribution in [-0.4, -0.2) is 28.6 Å². The molecule has 1 aromatic carbocycles. The van der Waals surface area contributed by atoms with Crippen molar-refractivity contribution in [1.29, 1.82) is 0 Å². The first-order chi connectivity index (χ1) is 10.1. The van der Waals surface area contributed by atoms with Gasteiger partial charge < -0.3 is 15.2 Å². The highest BCUT2D eigenvalue weighted by Crippen LogP contribution is 2.16. The van der Waals surface area contributed by atoms with E-state index in [0.717, 1.165) is 0 Å². The second-order valence-electron chi connectivity index (χ2n) is 4.16. The number of pyridine rings is 1. The van der Waals surface area contributed by atoms with Gasteiger partial charge in [0.2, 0.25) is 0 Å². The van der Waals surface area contributed by atoms with Crippen molar-refractivity contribution >= 4 is 23.4 Å². The van der Waals surface area contributed by atoms with Crippen molar-refractivity contribution in [3.05, 3.63) is 53.7 Å². The van der Waals surface area contributed by atoms with Gasteiger partial charge >= 0.3 is 11.9 Å². The number of carbonyl (C=O) groups is 2. The van der Waals surface area contributed by atoms with Gasteiger partial charge in [-0.2, -0.15) is 0 Å². The molecule has 21 heavy (non-hydrogen) atoms. The van der Waals surface area contributed by atoms with E-state index in [4.69, 9.17) is 9.84 Å². The smallest absolute Gasteiger partial charge is 0.339 e. The molecule has 2 aromatic rings. The van der Waals surface area contributed by atoms with Crippen molar-refractivity contribution in [3.63, 3.8) is 0 Å². The van der Waals surface area contributed by atoms with Crippen LogP contribution >= 0.6 is 0 Å². The van der Waals surface area contributed by atoms with Crippen LogP contribution in [0.5, 0.6) is 0 Å². The molecule has 0 radical (unpaired) electrons. The van der Waals surface area contributed by atoms with Crippen LogP contribution in [0.1, 0.15) is 27.6 Å². The molecule has 0 aliphatic carbocycles. The zero-order valence-electron chi connectivity index (χ0n) is 11.4. The number of anilines is 2. The Bertz CT molecular complexity index is 653. The van der Waals surface area contributed by atoms with Crippen LogP contribution in [0, 0.1) is 0 Å². The third kappa shape index (κ3) is 3.79.